The van der Waals surface area contributed by atoms with E-state index >= 15 is 0 Å². The molecular formula is C19H15N3O4S. The summed E-state index contributed by atoms with van der Waals surface area (Å²) in [6.07, 6.45) is 0. The van der Waals surface area contributed by atoms with Crippen LogP contribution in [0.1, 0.15) is 5.56 Å². The number of nitrogens with zero attached hydrogens (tertiary/aromatic N) is 2. The fraction of sp³-hybridized carbons (Fsp3) is 0.0526. The summed E-state index contributed by atoms with van der Waals surface area (Å²) in [4.78, 5) is 17.0. The van der Waals surface area contributed by atoms with E-state index in [9.17, 15) is 18.3 Å². The molecule has 8 heteroatoms. The molecule has 0 aliphatic carbocycles. The summed E-state index contributed by atoms with van der Waals surface area (Å²) < 4.78 is 26.1. The van der Waals surface area contributed by atoms with Gasteiger partial charge in [0.25, 0.3) is 15.9 Å². The number of benzene rings is 2. The summed E-state index contributed by atoms with van der Waals surface area (Å²) in [6, 6.07) is 16.8. The zero-order valence-corrected chi connectivity index (χ0v) is 15.1. The molecule has 7 nitrogen and oxygen atoms in total. The number of amides is 1. The zero-order chi connectivity index (χ0) is 19.2. The molecular weight excluding hydrogens is 366 g/mol. The number of likely N-dealkylation sites (N-methyl/N-ethyl adjacent to an activating group) is 1. The first-order chi connectivity index (χ1) is 12.9. The Morgan fingerprint density at radius 2 is 1.74 bits per heavy atom. The van der Waals surface area contributed by atoms with Gasteiger partial charge in [0.15, 0.2) is 11.5 Å². The molecule has 1 amide bonds. The number of para-hydroxylation sites is 1. The Bertz CT molecular complexity index is 1220. The third-order valence-corrected chi connectivity index (χ3v) is 6.19. The second-order valence-electron chi connectivity index (χ2n) is 6.01. The van der Waals surface area contributed by atoms with Crippen LogP contribution >= 0.6 is 0 Å². The van der Waals surface area contributed by atoms with E-state index in [4.69, 9.17) is 0 Å². The van der Waals surface area contributed by atoms with Gasteiger partial charge in [0, 0.05) is 18.0 Å². The average Bonchev–Trinajstić information content (AvgIpc) is 2.67. The van der Waals surface area contributed by atoms with E-state index in [0.29, 0.717) is 5.52 Å². The third kappa shape index (κ3) is 2.70. The first-order valence-electron chi connectivity index (χ1n) is 8.08. The Morgan fingerprint density at radius 1 is 1.04 bits per heavy atom. The number of aliphatic hydroxyl groups excluding tert-OH is 1. The predicted molar refractivity (Wildman–Crippen MR) is 101 cm³/mol. The van der Waals surface area contributed by atoms with E-state index in [-0.39, 0.29) is 22.0 Å². The monoisotopic (exact) mass is 381 g/mol. The molecule has 1 aromatic heterocycles. The molecule has 0 bridgehead atoms. The molecule has 0 spiro atoms. The minimum absolute atomic E-state index is 0.0506. The molecule has 0 unspecified atom stereocenters. The minimum atomic E-state index is -3.94. The van der Waals surface area contributed by atoms with E-state index in [1.165, 1.54) is 19.2 Å². The van der Waals surface area contributed by atoms with Crippen LogP contribution in [0.4, 0.5) is 5.82 Å². The van der Waals surface area contributed by atoms with Crippen molar-refractivity contribution >= 4 is 38.4 Å². The Labute approximate surface area is 155 Å². The minimum Gasteiger partial charge on any atom is -0.505 e. The molecule has 1 aliphatic heterocycles. The van der Waals surface area contributed by atoms with Gasteiger partial charge in [-0.15, -0.1) is 0 Å². The van der Waals surface area contributed by atoms with Crippen molar-refractivity contribution in [3.63, 3.8) is 0 Å². The lowest BCUT2D eigenvalue weighted by Gasteiger charge is -2.28. The van der Waals surface area contributed by atoms with Gasteiger partial charge in [-0.1, -0.05) is 30.3 Å². The van der Waals surface area contributed by atoms with Crippen molar-refractivity contribution in [1.29, 1.82) is 0 Å². The standard InChI is InChI=1S/C19H15N3O4S/c1-22-17(18(23)13-7-3-5-9-15(13)27(22,25)26)19(24)21-16-11-10-12-6-2-4-8-14(12)20-16/h2-11,23H,1H3,(H,20,21,24). The van der Waals surface area contributed by atoms with Gasteiger partial charge in [-0.25, -0.2) is 13.4 Å². The SMILES string of the molecule is CN1C(C(=O)Nc2ccc3ccccc3n2)=C(O)c2ccccc2S1(=O)=O. The number of carbonyl (C=O) groups excluding carboxylic acids is 1. The van der Waals surface area contributed by atoms with Gasteiger partial charge in [-0.3, -0.25) is 9.10 Å². The highest BCUT2D eigenvalue weighted by atomic mass is 32.2. The maximum atomic E-state index is 12.7. The predicted octanol–water partition coefficient (Wildman–Crippen LogP) is 2.73. The third-order valence-electron chi connectivity index (χ3n) is 4.37. The summed E-state index contributed by atoms with van der Waals surface area (Å²) in [5, 5.41) is 14.0. The summed E-state index contributed by atoms with van der Waals surface area (Å²) in [6.45, 7) is 0. The van der Waals surface area contributed by atoms with Gasteiger partial charge in [0.1, 0.15) is 5.82 Å². The molecule has 2 heterocycles. The Hall–Kier alpha value is -3.39. The number of fused-ring (bicyclic) bond motifs is 2. The van der Waals surface area contributed by atoms with Crippen molar-refractivity contribution in [1.82, 2.24) is 9.29 Å². The van der Waals surface area contributed by atoms with Crippen LogP contribution in [0, 0.1) is 0 Å². The lowest BCUT2D eigenvalue weighted by atomic mass is 10.1. The maximum absolute atomic E-state index is 12.7. The molecule has 136 valence electrons. The molecule has 0 fully saturated rings. The highest BCUT2D eigenvalue weighted by Gasteiger charge is 2.37. The van der Waals surface area contributed by atoms with Gasteiger partial charge in [0.05, 0.1) is 10.4 Å². The summed E-state index contributed by atoms with van der Waals surface area (Å²) in [5.41, 5.74) is 0.416. The molecule has 0 saturated heterocycles. The molecule has 0 saturated carbocycles. The van der Waals surface area contributed by atoms with Crippen LogP contribution < -0.4 is 5.32 Å². The molecule has 0 radical (unpaired) electrons. The zero-order valence-electron chi connectivity index (χ0n) is 14.2. The molecule has 2 aromatic carbocycles. The Morgan fingerprint density at radius 3 is 2.56 bits per heavy atom. The number of pyridine rings is 1. The smallest absolute Gasteiger partial charge is 0.277 e. The lowest BCUT2D eigenvalue weighted by molar-refractivity contribution is -0.113. The first-order valence-corrected chi connectivity index (χ1v) is 9.52. The quantitative estimate of drug-likeness (QED) is 0.711. The molecule has 1 aliphatic rings. The van der Waals surface area contributed by atoms with Crippen molar-refractivity contribution in [2.24, 2.45) is 0 Å². The van der Waals surface area contributed by atoms with Crippen molar-refractivity contribution in [2.45, 2.75) is 4.90 Å². The average molecular weight is 381 g/mol. The number of hydrogen-bond acceptors (Lipinski definition) is 5. The highest BCUT2D eigenvalue weighted by Crippen LogP contribution is 2.34. The van der Waals surface area contributed by atoms with Crippen LogP contribution in [0.25, 0.3) is 16.7 Å². The van der Waals surface area contributed by atoms with Crippen molar-refractivity contribution in [3.8, 4) is 0 Å². The molecule has 4 rings (SSSR count). The summed E-state index contributed by atoms with van der Waals surface area (Å²) >= 11 is 0. The second-order valence-corrected chi connectivity index (χ2v) is 7.95. The van der Waals surface area contributed by atoms with Gasteiger partial charge in [0.2, 0.25) is 0 Å². The maximum Gasteiger partial charge on any atom is 0.277 e. The molecule has 2 N–H and O–H groups in total. The lowest BCUT2D eigenvalue weighted by Crippen LogP contribution is -2.37. The number of aliphatic hydroxyl groups is 1. The Balaban J connectivity index is 1.76. The van der Waals surface area contributed by atoms with Crippen LogP contribution in [0.5, 0.6) is 0 Å². The van der Waals surface area contributed by atoms with E-state index in [0.717, 1.165) is 9.69 Å². The first kappa shape index (κ1) is 17.0. The number of anilines is 1. The number of sulfonamides is 1. The van der Waals surface area contributed by atoms with Gasteiger partial charge >= 0.3 is 0 Å². The number of rotatable bonds is 2. The number of aromatic nitrogens is 1. The number of hydrogen-bond donors (Lipinski definition) is 2. The molecule has 0 atom stereocenters. The Kier molecular flexibility index (Phi) is 3.85. The molecule has 27 heavy (non-hydrogen) atoms. The fourth-order valence-electron chi connectivity index (χ4n) is 2.99. The van der Waals surface area contributed by atoms with E-state index < -0.39 is 21.7 Å². The van der Waals surface area contributed by atoms with Gasteiger partial charge in [-0.05, 0) is 30.3 Å². The van der Waals surface area contributed by atoms with Crippen molar-refractivity contribution < 1.29 is 18.3 Å². The van der Waals surface area contributed by atoms with Crippen LogP contribution in [-0.4, -0.2) is 35.8 Å². The van der Waals surface area contributed by atoms with E-state index in [2.05, 4.69) is 10.3 Å². The van der Waals surface area contributed by atoms with E-state index in [1.54, 1.807) is 30.3 Å². The summed E-state index contributed by atoms with van der Waals surface area (Å²) in [7, 11) is -2.71. The van der Waals surface area contributed by atoms with Gasteiger partial charge < -0.3 is 10.4 Å². The highest BCUT2D eigenvalue weighted by molar-refractivity contribution is 7.89. The normalized spacial score (nSPS) is 15.5. The largest absolute Gasteiger partial charge is 0.505 e. The second kappa shape index (κ2) is 6.10. The summed E-state index contributed by atoms with van der Waals surface area (Å²) in [5.74, 6) is -0.916. The topological polar surface area (TPSA) is 99.6 Å². The van der Waals surface area contributed by atoms with Crippen LogP contribution in [0.3, 0.4) is 0 Å². The number of nitrogens with one attached hydrogen (secondary N) is 1. The van der Waals surface area contributed by atoms with E-state index in [1.807, 2.05) is 18.2 Å². The van der Waals surface area contributed by atoms with Gasteiger partial charge in [-0.2, -0.15) is 0 Å². The molecule has 3 aromatic rings. The van der Waals surface area contributed by atoms with Crippen LogP contribution in [0.2, 0.25) is 0 Å². The number of carbonyl (C=O) groups is 1. The fourth-order valence-corrected chi connectivity index (χ4v) is 4.39. The van der Waals surface area contributed by atoms with Crippen molar-refractivity contribution in [3.05, 3.63) is 71.9 Å². The van der Waals surface area contributed by atoms with Crippen LogP contribution in [-0.2, 0) is 14.8 Å². The van der Waals surface area contributed by atoms with Crippen LogP contribution in [0.15, 0.2) is 71.3 Å². The van der Waals surface area contributed by atoms with Crippen molar-refractivity contribution in [2.75, 3.05) is 12.4 Å².